The van der Waals surface area contributed by atoms with E-state index in [9.17, 15) is 18.0 Å². The first-order valence-corrected chi connectivity index (χ1v) is 8.60. The molecule has 0 aliphatic rings. The molecule has 0 aliphatic carbocycles. The zero-order valence-electron chi connectivity index (χ0n) is 15.3. The lowest BCUT2D eigenvalue weighted by atomic mass is 10.1. The quantitative estimate of drug-likeness (QED) is 0.671. The van der Waals surface area contributed by atoms with Crippen molar-refractivity contribution in [2.24, 2.45) is 0 Å². The van der Waals surface area contributed by atoms with Crippen LogP contribution in [0.25, 0.3) is 11.4 Å². The Bertz CT molecular complexity index is 976. The van der Waals surface area contributed by atoms with Crippen LogP contribution in [0.1, 0.15) is 29.0 Å². The van der Waals surface area contributed by atoms with Gasteiger partial charge in [0.15, 0.2) is 0 Å². The third-order valence-corrected chi connectivity index (χ3v) is 4.23. The molecule has 0 saturated heterocycles. The lowest BCUT2D eigenvalue weighted by Crippen LogP contribution is -2.14. The average molecular weight is 389 g/mol. The second-order valence-corrected chi connectivity index (χ2v) is 6.41. The van der Waals surface area contributed by atoms with Crippen LogP contribution < -0.4 is 5.32 Å². The maximum atomic E-state index is 12.8. The van der Waals surface area contributed by atoms with Gasteiger partial charge in [-0.2, -0.15) is 18.2 Å². The summed E-state index contributed by atoms with van der Waals surface area (Å²) >= 11 is 0. The van der Waals surface area contributed by atoms with Crippen molar-refractivity contribution in [2.75, 3.05) is 5.32 Å². The minimum absolute atomic E-state index is 0.0521. The van der Waals surface area contributed by atoms with E-state index in [1.165, 1.54) is 12.1 Å². The number of para-hydroxylation sites is 1. The largest absolute Gasteiger partial charge is 0.416 e. The zero-order chi connectivity index (χ0) is 20.3. The third-order valence-electron chi connectivity index (χ3n) is 4.23. The lowest BCUT2D eigenvalue weighted by Gasteiger charge is -2.10. The van der Waals surface area contributed by atoms with E-state index in [0.717, 1.165) is 28.9 Å². The van der Waals surface area contributed by atoms with Crippen molar-refractivity contribution in [1.82, 2.24) is 10.1 Å². The molecule has 0 spiro atoms. The normalized spacial score (nSPS) is 11.5. The van der Waals surface area contributed by atoms with E-state index in [2.05, 4.69) is 15.5 Å². The van der Waals surface area contributed by atoms with Gasteiger partial charge in [-0.1, -0.05) is 35.5 Å². The summed E-state index contributed by atoms with van der Waals surface area (Å²) in [4.78, 5) is 16.3. The summed E-state index contributed by atoms with van der Waals surface area (Å²) in [5.74, 6) is 0.0246. The first-order valence-electron chi connectivity index (χ1n) is 8.60. The maximum Gasteiger partial charge on any atom is 0.416 e. The van der Waals surface area contributed by atoms with Gasteiger partial charge in [-0.25, -0.2) is 0 Å². The van der Waals surface area contributed by atoms with Gasteiger partial charge < -0.3 is 9.84 Å². The molecule has 1 aromatic heterocycles. The molecule has 3 aromatic rings. The Morgan fingerprint density at radius 3 is 2.46 bits per heavy atom. The van der Waals surface area contributed by atoms with Crippen LogP contribution in [0.5, 0.6) is 0 Å². The summed E-state index contributed by atoms with van der Waals surface area (Å²) in [6.07, 6.45) is -4.16. The van der Waals surface area contributed by atoms with Gasteiger partial charge in [0.1, 0.15) is 0 Å². The van der Waals surface area contributed by atoms with E-state index in [4.69, 9.17) is 4.52 Å². The van der Waals surface area contributed by atoms with Crippen molar-refractivity contribution in [3.63, 3.8) is 0 Å². The van der Waals surface area contributed by atoms with Crippen LogP contribution in [-0.4, -0.2) is 16.0 Å². The first-order chi connectivity index (χ1) is 13.2. The fourth-order valence-electron chi connectivity index (χ4n) is 2.74. The topological polar surface area (TPSA) is 68.0 Å². The van der Waals surface area contributed by atoms with Gasteiger partial charge in [0.05, 0.1) is 5.56 Å². The maximum absolute atomic E-state index is 12.8. The van der Waals surface area contributed by atoms with Crippen molar-refractivity contribution < 1.29 is 22.5 Å². The highest BCUT2D eigenvalue weighted by molar-refractivity contribution is 5.92. The van der Waals surface area contributed by atoms with E-state index in [-0.39, 0.29) is 36.0 Å². The molecule has 0 bridgehead atoms. The van der Waals surface area contributed by atoms with Crippen LogP contribution in [0.15, 0.2) is 47.0 Å². The molecule has 0 saturated carbocycles. The van der Waals surface area contributed by atoms with Gasteiger partial charge in [0.2, 0.25) is 17.6 Å². The van der Waals surface area contributed by atoms with Gasteiger partial charge in [-0.15, -0.1) is 0 Å². The molecular formula is C20H18F3N3O2. The molecule has 1 amide bonds. The molecule has 5 nitrogen and oxygen atoms in total. The highest BCUT2D eigenvalue weighted by Crippen LogP contribution is 2.31. The Labute approximate surface area is 159 Å². The SMILES string of the molecule is Cc1cccc(C)c1NC(=O)CCc1nc(-c2cccc(C(F)(F)F)c2)no1. The molecule has 2 aromatic carbocycles. The minimum Gasteiger partial charge on any atom is -0.339 e. The second-order valence-electron chi connectivity index (χ2n) is 6.41. The fraction of sp³-hybridized carbons (Fsp3) is 0.250. The number of carbonyl (C=O) groups excluding carboxylic acids is 1. The number of hydrogen-bond donors (Lipinski definition) is 1. The number of halogens is 3. The molecule has 3 rings (SSSR count). The van der Waals surface area contributed by atoms with Gasteiger partial charge >= 0.3 is 6.18 Å². The number of alkyl halides is 3. The second kappa shape index (κ2) is 7.84. The average Bonchev–Trinajstić information content (AvgIpc) is 3.12. The zero-order valence-corrected chi connectivity index (χ0v) is 15.3. The number of anilines is 1. The Balaban J connectivity index is 1.65. The number of aryl methyl sites for hydroxylation is 3. The molecule has 0 radical (unpaired) electrons. The number of carbonyl (C=O) groups is 1. The highest BCUT2D eigenvalue weighted by atomic mass is 19.4. The number of amides is 1. The Morgan fingerprint density at radius 2 is 1.79 bits per heavy atom. The predicted molar refractivity (Wildman–Crippen MR) is 97.6 cm³/mol. The van der Waals surface area contributed by atoms with Crippen LogP contribution in [-0.2, 0) is 17.4 Å². The van der Waals surface area contributed by atoms with Crippen molar-refractivity contribution in [3.8, 4) is 11.4 Å². The Hall–Kier alpha value is -3.16. The minimum atomic E-state index is -4.45. The Morgan fingerprint density at radius 1 is 1.11 bits per heavy atom. The Kier molecular flexibility index (Phi) is 5.48. The van der Waals surface area contributed by atoms with Crippen LogP contribution in [0, 0.1) is 13.8 Å². The predicted octanol–water partition coefficient (Wildman–Crippen LogP) is 4.94. The van der Waals surface area contributed by atoms with Gasteiger partial charge in [0, 0.05) is 24.1 Å². The molecule has 8 heteroatoms. The summed E-state index contributed by atoms with van der Waals surface area (Å²) in [6, 6.07) is 10.4. The van der Waals surface area contributed by atoms with Crippen molar-refractivity contribution in [3.05, 3.63) is 65.0 Å². The summed E-state index contributed by atoms with van der Waals surface area (Å²) in [6.45, 7) is 3.81. The summed E-state index contributed by atoms with van der Waals surface area (Å²) in [5.41, 5.74) is 2.09. The molecule has 28 heavy (non-hydrogen) atoms. The van der Waals surface area contributed by atoms with Crippen LogP contribution in [0.2, 0.25) is 0 Å². The summed E-state index contributed by atoms with van der Waals surface area (Å²) < 4.78 is 43.5. The van der Waals surface area contributed by atoms with Crippen LogP contribution in [0.3, 0.4) is 0 Å². The van der Waals surface area contributed by atoms with E-state index in [1.807, 2.05) is 32.0 Å². The van der Waals surface area contributed by atoms with Gasteiger partial charge in [-0.3, -0.25) is 4.79 Å². The van der Waals surface area contributed by atoms with Crippen LogP contribution in [0.4, 0.5) is 18.9 Å². The molecule has 0 unspecified atom stereocenters. The molecule has 146 valence electrons. The fourth-order valence-corrected chi connectivity index (χ4v) is 2.74. The van der Waals surface area contributed by atoms with E-state index >= 15 is 0 Å². The molecule has 1 N–H and O–H groups in total. The van der Waals surface area contributed by atoms with Crippen molar-refractivity contribution in [2.45, 2.75) is 32.9 Å². The smallest absolute Gasteiger partial charge is 0.339 e. The van der Waals surface area contributed by atoms with Crippen molar-refractivity contribution in [1.29, 1.82) is 0 Å². The number of aromatic nitrogens is 2. The monoisotopic (exact) mass is 389 g/mol. The van der Waals surface area contributed by atoms with Crippen LogP contribution >= 0.6 is 0 Å². The number of rotatable bonds is 5. The molecule has 0 atom stereocenters. The number of nitrogens with zero attached hydrogens (tertiary/aromatic N) is 2. The first kappa shape index (κ1) is 19.6. The van der Waals surface area contributed by atoms with E-state index in [1.54, 1.807) is 0 Å². The van der Waals surface area contributed by atoms with E-state index < -0.39 is 11.7 Å². The van der Waals surface area contributed by atoms with Gasteiger partial charge in [-0.05, 0) is 37.1 Å². The standard InChI is InChI=1S/C20H18F3N3O2/c1-12-5-3-6-13(2)18(12)24-16(27)9-10-17-25-19(26-28-17)14-7-4-8-15(11-14)20(21,22)23/h3-8,11H,9-10H2,1-2H3,(H,24,27). The molecule has 0 aliphatic heterocycles. The lowest BCUT2D eigenvalue weighted by molar-refractivity contribution is -0.137. The highest BCUT2D eigenvalue weighted by Gasteiger charge is 2.30. The number of hydrogen-bond acceptors (Lipinski definition) is 4. The number of benzene rings is 2. The van der Waals surface area contributed by atoms with E-state index in [0.29, 0.717) is 0 Å². The summed E-state index contributed by atoms with van der Waals surface area (Å²) in [5, 5.41) is 6.57. The molecule has 0 fully saturated rings. The van der Waals surface area contributed by atoms with Gasteiger partial charge in [0.25, 0.3) is 0 Å². The summed E-state index contributed by atoms with van der Waals surface area (Å²) in [7, 11) is 0. The third kappa shape index (κ3) is 4.57. The number of nitrogens with one attached hydrogen (secondary N) is 1. The van der Waals surface area contributed by atoms with Crippen molar-refractivity contribution >= 4 is 11.6 Å². The molecule has 1 heterocycles. The molecular weight excluding hydrogens is 371 g/mol.